The third-order valence-electron chi connectivity index (χ3n) is 5.26. The maximum Gasteiger partial charge on any atom is 0.305 e. The van der Waals surface area contributed by atoms with Gasteiger partial charge < -0.3 is 4.42 Å². The zero-order chi connectivity index (χ0) is 23.4. The van der Waals surface area contributed by atoms with E-state index in [4.69, 9.17) is 16.0 Å². The summed E-state index contributed by atoms with van der Waals surface area (Å²) >= 11 is 5.83. The number of benzene rings is 2. The lowest BCUT2D eigenvalue weighted by Crippen LogP contribution is -2.41. The lowest BCUT2D eigenvalue weighted by Gasteiger charge is -2.13. The molecule has 0 bridgehead atoms. The molecule has 0 radical (unpaired) electrons. The van der Waals surface area contributed by atoms with Gasteiger partial charge in [0.15, 0.2) is 5.76 Å². The van der Waals surface area contributed by atoms with E-state index in [-0.39, 0.29) is 11.7 Å². The number of amides is 3. The highest BCUT2D eigenvalue weighted by Gasteiger charge is 2.28. The van der Waals surface area contributed by atoms with Crippen molar-refractivity contribution in [3.8, 4) is 0 Å². The topological polar surface area (TPSA) is 113 Å². The van der Waals surface area contributed by atoms with Gasteiger partial charge in [-0.3, -0.25) is 25.2 Å². The molecule has 0 unspecified atom stereocenters. The van der Waals surface area contributed by atoms with Gasteiger partial charge in [0, 0.05) is 33.7 Å². The van der Waals surface area contributed by atoms with Gasteiger partial charge >= 0.3 is 5.91 Å². The summed E-state index contributed by atoms with van der Waals surface area (Å²) in [6.07, 6.45) is 2.05. The maximum absolute atomic E-state index is 12.7. The summed E-state index contributed by atoms with van der Waals surface area (Å²) in [4.78, 5) is 37.2. The van der Waals surface area contributed by atoms with Gasteiger partial charge in [0.1, 0.15) is 5.76 Å². The maximum atomic E-state index is 12.7. The minimum Gasteiger partial charge on any atom is -0.455 e. The Morgan fingerprint density at radius 3 is 2.27 bits per heavy atom. The summed E-state index contributed by atoms with van der Waals surface area (Å²) in [5, 5.41) is 4.80. The fourth-order valence-corrected chi connectivity index (χ4v) is 3.74. The number of rotatable bonds is 4. The quantitative estimate of drug-likeness (QED) is 0.510. The third kappa shape index (κ3) is 4.96. The Hall–Kier alpha value is -3.91. The monoisotopic (exact) mass is 464 g/mol. The molecule has 1 heterocycles. The van der Waals surface area contributed by atoms with Crippen LogP contribution in [0.15, 0.2) is 64.1 Å². The second-order valence-electron chi connectivity index (χ2n) is 7.49. The predicted molar refractivity (Wildman–Crippen MR) is 123 cm³/mol. The lowest BCUT2D eigenvalue weighted by molar-refractivity contribution is 0.0829. The molecule has 9 heteroatoms. The Kier molecular flexibility index (Phi) is 6.55. The van der Waals surface area contributed by atoms with Crippen LogP contribution in [-0.4, -0.2) is 23.4 Å². The average molecular weight is 465 g/mol. The van der Waals surface area contributed by atoms with E-state index in [1.807, 2.05) is 6.07 Å². The molecule has 0 atom stereocenters. The van der Waals surface area contributed by atoms with Gasteiger partial charge in [-0.1, -0.05) is 29.8 Å². The number of carbonyl (C=O) groups is 3. The molecule has 8 nitrogen and oxygen atoms in total. The van der Waals surface area contributed by atoms with E-state index in [2.05, 4.69) is 21.4 Å². The van der Waals surface area contributed by atoms with Crippen LogP contribution in [0.25, 0.3) is 0 Å². The number of hydrazone groups is 1. The van der Waals surface area contributed by atoms with Gasteiger partial charge in [-0.2, -0.15) is 5.10 Å². The van der Waals surface area contributed by atoms with Gasteiger partial charge in [-0.05, 0) is 56.2 Å². The summed E-state index contributed by atoms with van der Waals surface area (Å²) in [7, 11) is 0. The van der Waals surface area contributed by atoms with Crippen molar-refractivity contribution in [3.05, 3.63) is 93.4 Å². The van der Waals surface area contributed by atoms with E-state index in [0.717, 1.165) is 6.42 Å². The smallest absolute Gasteiger partial charge is 0.305 e. The van der Waals surface area contributed by atoms with Crippen molar-refractivity contribution in [2.24, 2.45) is 5.10 Å². The first-order chi connectivity index (χ1) is 15.9. The number of hydrogen-bond acceptors (Lipinski definition) is 5. The van der Waals surface area contributed by atoms with Crippen LogP contribution in [0.3, 0.4) is 0 Å². The molecule has 3 aromatic rings. The van der Waals surface area contributed by atoms with Crippen LogP contribution in [0, 0.1) is 6.92 Å². The summed E-state index contributed by atoms with van der Waals surface area (Å²) in [5.41, 5.74) is 10.1. The fourth-order valence-electron chi connectivity index (χ4n) is 3.61. The predicted octanol–water partition coefficient (Wildman–Crippen LogP) is 3.79. The number of halogens is 1. The van der Waals surface area contributed by atoms with Crippen LogP contribution >= 0.6 is 11.6 Å². The molecule has 0 saturated heterocycles. The SMILES string of the molecule is Cc1c(C(=O)NNC(=O)c2ccc(Cl)cc2)oc2c1/C(=N/NC(=O)c1ccccc1)CCC2. The van der Waals surface area contributed by atoms with E-state index >= 15 is 0 Å². The number of hydrazine groups is 1. The number of carbonyl (C=O) groups excluding carboxylic acids is 3. The molecule has 4 rings (SSSR count). The van der Waals surface area contributed by atoms with E-state index in [1.165, 1.54) is 0 Å². The van der Waals surface area contributed by atoms with Gasteiger partial charge in [0.2, 0.25) is 0 Å². The number of aryl methyl sites for hydroxylation is 1. The Balaban J connectivity index is 1.47. The summed E-state index contributed by atoms with van der Waals surface area (Å²) in [6.45, 7) is 1.75. The van der Waals surface area contributed by atoms with Crippen LogP contribution in [0.4, 0.5) is 0 Å². The molecule has 1 aromatic heterocycles. The Morgan fingerprint density at radius 2 is 1.55 bits per heavy atom. The average Bonchev–Trinajstić information content (AvgIpc) is 3.19. The van der Waals surface area contributed by atoms with Crippen molar-refractivity contribution in [2.45, 2.75) is 26.2 Å². The van der Waals surface area contributed by atoms with Crippen molar-refractivity contribution in [1.29, 1.82) is 0 Å². The van der Waals surface area contributed by atoms with Crippen LogP contribution in [-0.2, 0) is 6.42 Å². The minimum absolute atomic E-state index is 0.0837. The molecule has 1 aliphatic rings. The van der Waals surface area contributed by atoms with Gasteiger partial charge in [-0.15, -0.1) is 0 Å². The number of hydrogen-bond donors (Lipinski definition) is 3. The highest BCUT2D eigenvalue weighted by Crippen LogP contribution is 2.29. The van der Waals surface area contributed by atoms with Gasteiger partial charge in [0.25, 0.3) is 11.8 Å². The molecule has 33 heavy (non-hydrogen) atoms. The van der Waals surface area contributed by atoms with Crippen molar-refractivity contribution >= 4 is 35.0 Å². The highest BCUT2D eigenvalue weighted by atomic mass is 35.5. The second-order valence-corrected chi connectivity index (χ2v) is 7.92. The van der Waals surface area contributed by atoms with Crippen LogP contribution in [0.2, 0.25) is 5.02 Å². The molecule has 0 saturated carbocycles. The number of nitrogens with zero attached hydrogens (tertiary/aromatic N) is 1. The largest absolute Gasteiger partial charge is 0.455 e. The van der Waals surface area contributed by atoms with Gasteiger partial charge in [-0.25, -0.2) is 5.43 Å². The lowest BCUT2D eigenvalue weighted by atomic mass is 9.93. The van der Waals surface area contributed by atoms with E-state index in [9.17, 15) is 14.4 Å². The van der Waals surface area contributed by atoms with Crippen molar-refractivity contribution in [3.63, 3.8) is 0 Å². The fraction of sp³-hybridized carbons (Fsp3) is 0.167. The first-order valence-electron chi connectivity index (χ1n) is 10.3. The zero-order valence-electron chi connectivity index (χ0n) is 17.8. The summed E-state index contributed by atoms with van der Waals surface area (Å²) in [5.74, 6) is -0.683. The summed E-state index contributed by atoms with van der Waals surface area (Å²) < 4.78 is 5.80. The molecule has 0 fully saturated rings. The first kappa shape index (κ1) is 22.3. The normalized spacial score (nSPS) is 13.8. The van der Waals surface area contributed by atoms with E-state index < -0.39 is 11.8 Å². The molecule has 2 aromatic carbocycles. The van der Waals surface area contributed by atoms with Crippen LogP contribution in [0.1, 0.15) is 61.0 Å². The molecular weight excluding hydrogens is 444 g/mol. The number of furan rings is 1. The Bertz CT molecular complexity index is 1230. The van der Waals surface area contributed by atoms with Crippen LogP contribution < -0.4 is 16.3 Å². The first-order valence-corrected chi connectivity index (χ1v) is 10.7. The molecule has 3 N–H and O–H groups in total. The van der Waals surface area contributed by atoms with E-state index in [0.29, 0.717) is 51.6 Å². The molecule has 0 spiro atoms. The molecular formula is C24H21ClN4O4. The summed E-state index contributed by atoms with van der Waals surface area (Å²) in [6, 6.07) is 15.0. The Labute approximate surface area is 195 Å². The van der Waals surface area contributed by atoms with E-state index in [1.54, 1.807) is 55.5 Å². The molecule has 168 valence electrons. The second kappa shape index (κ2) is 9.70. The molecule has 3 amide bonds. The number of nitrogens with one attached hydrogen (secondary N) is 3. The van der Waals surface area contributed by atoms with Crippen molar-refractivity contribution in [1.82, 2.24) is 16.3 Å². The van der Waals surface area contributed by atoms with Gasteiger partial charge in [0.05, 0.1) is 5.71 Å². The molecule has 1 aliphatic carbocycles. The minimum atomic E-state index is -0.586. The van der Waals surface area contributed by atoms with Crippen molar-refractivity contribution < 1.29 is 18.8 Å². The standard InChI is InChI=1S/C24H21ClN4O4/c1-14-20-18(26-27-22(30)15-6-3-2-4-7-15)8-5-9-19(20)33-21(14)24(32)29-28-23(31)16-10-12-17(25)13-11-16/h2-4,6-7,10-13H,5,8-9H2,1H3,(H,27,30)(H,28,31)(H,29,32)/b26-18+. The number of fused-ring (bicyclic) bond motifs is 1. The highest BCUT2D eigenvalue weighted by molar-refractivity contribution is 6.30. The Morgan fingerprint density at radius 1 is 0.879 bits per heavy atom. The third-order valence-corrected chi connectivity index (χ3v) is 5.51. The molecule has 0 aliphatic heterocycles. The van der Waals surface area contributed by atoms with Crippen LogP contribution in [0.5, 0.6) is 0 Å². The van der Waals surface area contributed by atoms with Crippen molar-refractivity contribution in [2.75, 3.05) is 0 Å². The zero-order valence-corrected chi connectivity index (χ0v) is 18.5.